The van der Waals surface area contributed by atoms with Gasteiger partial charge in [-0.1, -0.05) is 35.9 Å². The second-order valence-electron chi connectivity index (χ2n) is 5.19. The molecule has 0 saturated heterocycles. The van der Waals surface area contributed by atoms with Crippen molar-refractivity contribution in [3.05, 3.63) is 64.7 Å². The topological polar surface area (TPSA) is 26.3 Å². The van der Waals surface area contributed by atoms with Crippen molar-refractivity contribution in [3.8, 4) is 5.75 Å². The van der Waals surface area contributed by atoms with Crippen LogP contribution in [0.3, 0.4) is 0 Å². The molecule has 0 unspecified atom stereocenters. The summed E-state index contributed by atoms with van der Waals surface area (Å²) in [5, 5.41) is 0. The monoisotopic (exact) mass is 268 g/mol. The van der Waals surface area contributed by atoms with Crippen LogP contribution in [-0.4, -0.2) is 12.4 Å². The molecule has 0 atom stereocenters. The molecule has 0 amide bonds. The third-order valence-electron chi connectivity index (χ3n) is 3.36. The van der Waals surface area contributed by atoms with Gasteiger partial charge in [-0.25, -0.2) is 0 Å². The summed E-state index contributed by atoms with van der Waals surface area (Å²) in [6, 6.07) is 13.7. The Bertz CT molecular complexity index is 577. The number of rotatable bonds is 5. The van der Waals surface area contributed by atoms with Crippen molar-refractivity contribution in [2.75, 3.05) is 6.61 Å². The van der Waals surface area contributed by atoms with E-state index in [1.165, 1.54) is 16.7 Å². The van der Waals surface area contributed by atoms with E-state index in [0.717, 1.165) is 11.3 Å². The minimum atomic E-state index is 0.101. The summed E-state index contributed by atoms with van der Waals surface area (Å²) in [4.78, 5) is 12.1. The maximum absolute atomic E-state index is 12.1. The lowest BCUT2D eigenvalue weighted by Crippen LogP contribution is -2.15. The summed E-state index contributed by atoms with van der Waals surface area (Å²) < 4.78 is 5.49. The lowest BCUT2D eigenvalue weighted by molar-refractivity contribution is -0.120. The van der Waals surface area contributed by atoms with Crippen LogP contribution in [0.2, 0.25) is 0 Å². The van der Waals surface area contributed by atoms with Gasteiger partial charge in [-0.15, -0.1) is 0 Å². The van der Waals surface area contributed by atoms with Crippen LogP contribution >= 0.6 is 0 Å². The number of aryl methyl sites for hydroxylation is 3. The van der Waals surface area contributed by atoms with E-state index >= 15 is 0 Å². The molecule has 2 rings (SSSR count). The Morgan fingerprint density at radius 3 is 2.20 bits per heavy atom. The molecule has 0 N–H and O–H groups in total. The average molecular weight is 268 g/mol. The number of hydrogen-bond donors (Lipinski definition) is 0. The Morgan fingerprint density at radius 2 is 1.60 bits per heavy atom. The summed E-state index contributed by atoms with van der Waals surface area (Å²) in [5.74, 6) is 0.835. The number of benzene rings is 2. The predicted octanol–water partition coefficient (Wildman–Crippen LogP) is 3.80. The first-order valence-corrected chi connectivity index (χ1v) is 6.82. The summed E-state index contributed by atoms with van der Waals surface area (Å²) in [6.07, 6.45) is 0.435. The molecule has 0 aliphatic rings. The molecule has 2 heteroatoms. The first kappa shape index (κ1) is 14.3. The van der Waals surface area contributed by atoms with Crippen molar-refractivity contribution < 1.29 is 9.53 Å². The van der Waals surface area contributed by atoms with E-state index in [9.17, 15) is 4.79 Å². The number of Topliss-reactive ketones (excluding diaryl/α,β-unsaturated/α-hetero) is 1. The third-order valence-corrected chi connectivity index (χ3v) is 3.36. The van der Waals surface area contributed by atoms with Crippen LogP contribution in [0.1, 0.15) is 22.3 Å². The molecule has 0 saturated carbocycles. The second kappa shape index (κ2) is 6.38. The van der Waals surface area contributed by atoms with Crippen LogP contribution in [0.4, 0.5) is 0 Å². The van der Waals surface area contributed by atoms with Gasteiger partial charge in [0, 0.05) is 6.42 Å². The summed E-state index contributed by atoms with van der Waals surface area (Å²) in [6.45, 7) is 6.31. The van der Waals surface area contributed by atoms with Gasteiger partial charge >= 0.3 is 0 Å². The standard InChI is InChI=1S/C18H20O2/c1-13-9-14(2)18(15(3)10-13)11-16(19)12-20-17-7-5-4-6-8-17/h4-10H,11-12H2,1-3H3. The zero-order valence-corrected chi connectivity index (χ0v) is 12.3. The van der Waals surface area contributed by atoms with Crippen LogP contribution in [0, 0.1) is 20.8 Å². The van der Waals surface area contributed by atoms with E-state index in [4.69, 9.17) is 4.74 Å². The molecular formula is C18H20O2. The number of ether oxygens (including phenoxy) is 1. The molecule has 0 radical (unpaired) electrons. The molecular weight excluding hydrogens is 248 g/mol. The van der Waals surface area contributed by atoms with Gasteiger partial charge in [-0.2, -0.15) is 0 Å². The normalized spacial score (nSPS) is 10.3. The predicted molar refractivity (Wildman–Crippen MR) is 81.3 cm³/mol. The Labute approximate surface area is 120 Å². The lowest BCUT2D eigenvalue weighted by atomic mass is 9.96. The second-order valence-corrected chi connectivity index (χ2v) is 5.19. The maximum Gasteiger partial charge on any atom is 0.174 e. The number of ketones is 1. The Kier molecular flexibility index (Phi) is 4.57. The van der Waals surface area contributed by atoms with Crippen molar-refractivity contribution in [1.29, 1.82) is 0 Å². The Hall–Kier alpha value is -2.09. The van der Waals surface area contributed by atoms with E-state index < -0.39 is 0 Å². The van der Waals surface area contributed by atoms with Gasteiger partial charge in [0.25, 0.3) is 0 Å². The highest BCUT2D eigenvalue weighted by Gasteiger charge is 2.10. The largest absolute Gasteiger partial charge is 0.486 e. The van der Waals surface area contributed by atoms with Gasteiger partial charge in [0.2, 0.25) is 0 Å². The fraction of sp³-hybridized carbons (Fsp3) is 0.278. The number of carbonyl (C=O) groups excluding carboxylic acids is 1. The highest BCUT2D eigenvalue weighted by molar-refractivity contribution is 5.83. The number of para-hydroxylation sites is 1. The van der Waals surface area contributed by atoms with Crippen molar-refractivity contribution in [2.24, 2.45) is 0 Å². The molecule has 2 aromatic rings. The zero-order chi connectivity index (χ0) is 14.5. The van der Waals surface area contributed by atoms with E-state index in [0.29, 0.717) is 6.42 Å². The molecule has 20 heavy (non-hydrogen) atoms. The molecule has 0 aliphatic heterocycles. The van der Waals surface area contributed by atoms with Gasteiger partial charge < -0.3 is 4.74 Å². The fourth-order valence-corrected chi connectivity index (χ4v) is 2.42. The van der Waals surface area contributed by atoms with Crippen molar-refractivity contribution >= 4 is 5.78 Å². The van der Waals surface area contributed by atoms with E-state index in [-0.39, 0.29) is 12.4 Å². The minimum Gasteiger partial charge on any atom is -0.486 e. The van der Waals surface area contributed by atoms with Gasteiger partial charge in [-0.3, -0.25) is 4.79 Å². The molecule has 2 aromatic carbocycles. The Balaban J connectivity index is 1.98. The third kappa shape index (κ3) is 3.70. The first-order valence-electron chi connectivity index (χ1n) is 6.82. The zero-order valence-electron chi connectivity index (χ0n) is 12.3. The van der Waals surface area contributed by atoms with Crippen molar-refractivity contribution in [1.82, 2.24) is 0 Å². The van der Waals surface area contributed by atoms with Crippen LogP contribution in [0.5, 0.6) is 5.75 Å². The molecule has 0 spiro atoms. The smallest absolute Gasteiger partial charge is 0.174 e. The molecule has 0 aromatic heterocycles. The lowest BCUT2D eigenvalue weighted by Gasteiger charge is -2.11. The van der Waals surface area contributed by atoms with Crippen LogP contribution < -0.4 is 4.74 Å². The molecule has 0 aliphatic carbocycles. The Morgan fingerprint density at radius 1 is 1.00 bits per heavy atom. The molecule has 0 fully saturated rings. The van der Waals surface area contributed by atoms with E-state index in [1.807, 2.05) is 30.3 Å². The van der Waals surface area contributed by atoms with Gasteiger partial charge in [0.15, 0.2) is 5.78 Å². The summed E-state index contributed by atoms with van der Waals surface area (Å²) in [5.41, 5.74) is 4.71. The quantitative estimate of drug-likeness (QED) is 0.824. The minimum absolute atomic E-state index is 0.101. The van der Waals surface area contributed by atoms with Crippen LogP contribution in [0.15, 0.2) is 42.5 Å². The summed E-state index contributed by atoms with van der Waals surface area (Å²) in [7, 11) is 0. The number of hydrogen-bond acceptors (Lipinski definition) is 2. The number of carbonyl (C=O) groups is 1. The summed E-state index contributed by atoms with van der Waals surface area (Å²) >= 11 is 0. The SMILES string of the molecule is Cc1cc(C)c(CC(=O)COc2ccccc2)c(C)c1. The van der Waals surface area contributed by atoms with E-state index in [2.05, 4.69) is 32.9 Å². The molecule has 2 nitrogen and oxygen atoms in total. The van der Waals surface area contributed by atoms with E-state index in [1.54, 1.807) is 0 Å². The van der Waals surface area contributed by atoms with Crippen molar-refractivity contribution in [3.63, 3.8) is 0 Å². The molecule has 0 heterocycles. The van der Waals surface area contributed by atoms with Gasteiger partial charge in [0.05, 0.1) is 0 Å². The highest BCUT2D eigenvalue weighted by Crippen LogP contribution is 2.17. The molecule has 0 bridgehead atoms. The maximum atomic E-state index is 12.1. The van der Waals surface area contributed by atoms with Crippen LogP contribution in [-0.2, 0) is 11.2 Å². The first-order chi connectivity index (χ1) is 9.56. The fourth-order valence-electron chi connectivity index (χ4n) is 2.42. The average Bonchev–Trinajstić information content (AvgIpc) is 2.42. The highest BCUT2D eigenvalue weighted by atomic mass is 16.5. The molecule has 104 valence electrons. The van der Waals surface area contributed by atoms with Crippen molar-refractivity contribution in [2.45, 2.75) is 27.2 Å². The van der Waals surface area contributed by atoms with Crippen LogP contribution in [0.25, 0.3) is 0 Å². The van der Waals surface area contributed by atoms with Gasteiger partial charge in [-0.05, 0) is 49.6 Å². The van der Waals surface area contributed by atoms with Gasteiger partial charge in [0.1, 0.15) is 12.4 Å².